The quantitative estimate of drug-likeness (QED) is 0.844. The average molecular weight is 340 g/mol. The molecule has 0 saturated heterocycles. The molecule has 0 atom stereocenters. The molecule has 0 spiro atoms. The third kappa shape index (κ3) is 6.05. The second-order valence-electron chi connectivity index (χ2n) is 5.47. The maximum absolute atomic E-state index is 12.8. The molecule has 0 aliphatic carbocycles. The van der Waals surface area contributed by atoms with Crippen LogP contribution in [-0.2, 0) is 9.59 Å². The number of benzene rings is 2. The van der Waals surface area contributed by atoms with E-state index in [1.54, 1.807) is 36.2 Å². The lowest BCUT2D eigenvalue weighted by atomic mass is 10.2. The number of nitrogens with zero attached hydrogens (tertiary/aromatic N) is 2. The van der Waals surface area contributed by atoms with Gasteiger partial charge in [0, 0.05) is 11.4 Å². The summed E-state index contributed by atoms with van der Waals surface area (Å²) in [6.07, 6.45) is 0. The molecular formula is C18H17FN4O2. The van der Waals surface area contributed by atoms with E-state index in [4.69, 9.17) is 5.26 Å². The smallest absolute Gasteiger partial charge is 0.238 e. The van der Waals surface area contributed by atoms with Crippen LogP contribution in [0.4, 0.5) is 15.8 Å². The summed E-state index contributed by atoms with van der Waals surface area (Å²) in [4.78, 5) is 25.5. The molecule has 0 radical (unpaired) electrons. The van der Waals surface area contributed by atoms with Gasteiger partial charge < -0.3 is 10.6 Å². The number of anilines is 2. The molecule has 0 unspecified atom stereocenters. The van der Waals surface area contributed by atoms with Crippen LogP contribution < -0.4 is 10.6 Å². The van der Waals surface area contributed by atoms with E-state index in [9.17, 15) is 14.0 Å². The Labute approximate surface area is 144 Å². The Kier molecular flexibility index (Phi) is 6.20. The van der Waals surface area contributed by atoms with Crippen LogP contribution in [0.1, 0.15) is 5.56 Å². The average Bonchev–Trinajstić information content (AvgIpc) is 2.56. The second kappa shape index (κ2) is 8.57. The van der Waals surface area contributed by atoms with Crippen LogP contribution in [0.5, 0.6) is 0 Å². The molecule has 0 aromatic heterocycles. The summed E-state index contributed by atoms with van der Waals surface area (Å²) in [5.74, 6) is -0.993. The standard InChI is InChI=1S/C18H17FN4O2/c1-23(11-17(24)21-15-7-5-14(19)6-8-15)12-18(25)22-16-4-2-3-13(9-16)10-20/h2-9H,11-12H2,1H3,(H,21,24)(H,22,25). The lowest BCUT2D eigenvalue weighted by Crippen LogP contribution is -2.36. The third-order valence-electron chi connectivity index (χ3n) is 3.23. The highest BCUT2D eigenvalue weighted by Crippen LogP contribution is 2.10. The van der Waals surface area contributed by atoms with Crippen LogP contribution in [0, 0.1) is 17.1 Å². The summed E-state index contributed by atoms with van der Waals surface area (Å²) in [7, 11) is 1.63. The van der Waals surface area contributed by atoms with Crippen molar-refractivity contribution >= 4 is 23.2 Å². The third-order valence-corrected chi connectivity index (χ3v) is 3.23. The Balaban J connectivity index is 1.81. The van der Waals surface area contributed by atoms with E-state index in [2.05, 4.69) is 10.6 Å². The Morgan fingerprint density at radius 1 is 1.04 bits per heavy atom. The van der Waals surface area contributed by atoms with Gasteiger partial charge in [0.05, 0.1) is 24.7 Å². The minimum absolute atomic E-state index is 0.00301. The topological polar surface area (TPSA) is 85.2 Å². The summed E-state index contributed by atoms with van der Waals surface area (Å²) < 4.78 is 12.8. The minimum atomic E-state index is -0.382. The summed E-state index contributed by atoms with van der Waals surface area (Å²) in [6.45, 7) is 0.0106. The molecule has 0 saturated carbocycles. The van der Waals surface area contributed by atoms with Crippen molar-refractivity contribution in [1.82, 2.24) is 4.90 Å². The van der Waals surface area contributed by atoms with Crippen LogP contribution >= 0.6 is 0 Å². The van der Waals surface area contributed by atoms with Gasteiger partial charge in [-0.15, -0.1) is 0 Å². The fraction of sp³-hybridized carbons (Fsp3) is 0.167. The molecule has 2 N–H and O–H groups in total. The number of hydrogen-bond acceptors (Lipinski definition) is 4. The molecule has 2 aromatic rings. The van der Waals surface area contributed by atoms with Gasteiger partial charge in [0.1, 0.15) is 5.82 Å². The van der Waals surface area contributed by atoms with E-state index in [1.165, 1.54) is 24.3 Å². The number of rotatable bonds is 6. The van der Waals surface area contributed by atoms with Crippen molar-refractivity contribution in [3.63, 3.8) is 0 Å². The Morgan fingerprint density at radius 3 is 2.24 bits per heavy atom. The van der Waals surface area contributed by atoms with Crippen molar-refractivity contribution in [2.75, 3.05) is 30.8 Å². The number of nitrogens with one attached hydrogen (secondary N) is 2. The molecule has 2 rings (SSSR count). The first-order chi connectivity index (χ1) is 12.0. The molecule has 7 heteroatoms. The second-order valence-corrected chi connectivity index (χ2v) is 5.47. The number of amides is 2. The highest BCUT2D eigenvalue weighted by Gasteiger charge is 2.11. The highest BCUT2D eigenvalue weighted by molar-refractivity contribution is 5.94. The number of hydrogen-bond donors (Lipinski definition) is 2. The molecule has 2 aromatic carbocycles. The Morgan fingerprint density at radius 2 is 1.64 bits per heavy atom. The summed E-state index contributed by atoms with van der Waals surface area (Å²) in [5.41, 5.74) is 1.45. The molecule has 6 nitrogen and oxygen atoms in total. The van der Waals surface area contributed by atoms with Crippen LogP contribution in [0.2, 0.25) is 0 Å². The van der Waals surface area contributed by atoms with Crippen molar-refractivity contribution < 1.29 is 14.0 Å². The first-order valence-corrected chi connectivity index (χ1v) is 7.50. The van der Waals surface area contributed by atoms with Crippen molar-refractivity contribution in [2.24, 2.45) is 0 Å². The predicted octanol–water partition coefficient (Wildman–Crippen LogP) is 2.21. The molecule has 0 bridgehead atoms. The van der Waals surface area contributed by atoms with E-state index >= 15 is 0 Å². The van der Waals surface area contributed by atoms with Crippen molar-refractivity contribution in [3.8, 4) is 6.07 Å². The summed E-state index contributed by atoms with van der Waals surface area (Å²) in [5, 5.41) is 14.1. The lowest BCUT2D eigenvalue weighted by Gasteiger charge is -2.16. The summed E-state index contributed by atoms with van der Waals surface area (Å²) in [6, 6.07) is 14.0. The van der Waals surface area contributed by atoms with E-state index in [1.807, 2.05) is 6.07 Å². The number of carbonyl (C=O) groups excluding carboxylic acids is 2. The molecule has 0 aliphatic rings. The molecule has 0 aliphatic heterocycles. The monoisotopic (exact) mass is 340 g/mol. The first-order valence-electron chi connectivity index (χ1n) is 7.50. The van der Waals surface area contributed by atoms with Gasteiger partial charge in [0.25, 0.3) is 0 Å². The molecule has 0 fully saturated rings. The molecule has 25 heavy (non-hydrogen) atoms. The van der Waals surface area contributed by atoms with Gasteiger partial charge in [-0.3, -0.25) is 14.5 Å². The zero-order valence-corrected chi connectivity index (χ0v) is 13.6. The van der Waals surface area contributed by atoms with Crippen molar-refractivity contribution in [2.45, 2.75) is 0 Å². The SMILES string of the molecule is CN(CC(=O)Nc1ccc(F)cc1)CC(=O)Nc1cccc(C#N)c1. The van der Waals surface area contributed by atoms with Gasteiger partial charge in [-0.05, 0) is 49.5 Å². The number of likely N-dealkylation sites (N-methyl/N-ethyl adjacent to an activating group) is 1. The molecule has 0 heterocycles. The van der Waals surface area contributed by atoms with Crippen LogP contribution in [0.25, 0.3) is 0 Å². The van der Waals surface area contributed by atoms with E-state index in [0.717, 1.165) is 0 Å². The van der Waals surface area contributed by atoms with E-state index in [-0.39, 0.29) is 30.7 Å². The van der Waals surface area contributed by atoms with Crippen LogP contribution in [0.15, 0.2) is 48.5 Å². The lowest BCUT2D eigenvalue weighted by molar-refractivity contribution is -0.119. The maximum atomic E-state index is 12.8. The largest absolute Gasteiger partial charge is 0.325 e. The Hall–Kier alpha value is -3.24. The number of halogens is 1. The fourth-order valence-corrected chi connectivity index (χ4v) is 2.15. The van der Waals surface area contributed by atoms with Gasteiger partial charge in [-0.2, -0.15) is 5.26 Å². The number of nitriles is 1. The first kappa shape index (κ1) is 18.1. The van der Waals surface area contributed by atoms with Gasteiger partial charge >= 0.3 is 0 Å². The van der Waals surface area contributed by atoms with Gasteiger partial charge in [0.15, 0.2) is 0 Å². The van der Waals surface area contributed by atoms with E-state index < -0.39 is 0 Å². The molecular weight excluding hydrogens is 323 g/mol. The zero-order valence-electron chi connectivity index (χ0n) is 13.6. The maximum Gasteiger partial charge on any atom is 0.238 e. The van der Waals surface area contributed by atoms with Gasteiger partial charge in [-0.1, -0.05) is 6.07 Å². The highest BCUT2D eigenvalue weighted by atomic mass is 19.1. The van der Waals surface area contributed by atoms with Crippen molar-refractivity contribution in [3.05, 3.63) is 59.9 Å². The molecule has 128 valence electrons. The predicted molar refractivity (Wildman–Crippen MR) is 92.3 cm³/mol. The van der Waals surface area contributed by atoms with E-state index in [0.29, 0.717) is 16.9 Å². The van der Waals surface area contributed by atoms with Crippen molar-refractivity contribution in [1.29, 1.82) is 5.26 Å². The molecule has 2 amide bonds. The van der Waals surface area contributed by atoms with Crippen LogP contribution in [-0.4, -0.2) is 36.9 Å². The Bertz CT molecular complexity index is 799. The van der Waals surface area contributed by atoms with Crippen LogP contribution in [0.3, 0.4) is 0 Å². The summed E-state index contributed by atoms with van der Waals surface area (Å²) >= 11 is 0. The normalized spacial score (nSPS) is 10.2. The van der Waals surface area contributed by atoms with Gasteiger partial charge in [-0.25, -0.2) is 4.39 Å². The zero-order chi connectivity index (χ0) is 18.2. The number of carbonyl (C=O) groups is 2. The van der Waals surface area contributed by atoms with Gasteiger partial charge in [0.2, 0.25) is 11.8 Å². The fourth-order valence-electron chi connectivity index (χ4n) is 2.15. The minimum Gasteiger partial charge on any atom is -0.325 e.